The largest absolute Gasteiger partial charge is 0.329 e. The second-order valence-electron chi connectivity index (χ2n) is 2.59. The lowest BCUT2D eigenvalue weighted by atomic mass is 9.99. The molecule has 0 rings (SSSR count). The van der Waals surface area contributed by atoms with Crippen LogP contribution in [0.25, 0.3) is 0 Å². The van der Waals surface area contributed by atoms with Crippen LogP contribution in [0.15, 0.2) is 0 Å². The highest BCUT2D eigenvalue weighted by Crippen LogP contribution is 2.21. The molecule has 62 valence electrons. The van der Waals surface area contributed by atoms with Gasteiger partial charge in [0.15, 0.2) is 0 Å². The van der Waals surface area contributed by atoms with E-state index in [0.717, 1.165) is 12.5 Å². The van der Waals surface area contributed by atoms with E-state index in [0.29, 0.717) is 5.25 Å². The molecule has 1 atom stereocenters. The van der Waals surface area contributed by atoms with Crippen molar-refractivity contribution in [2.24, 2.45) is 11.7 Å². The van der Waals surface area contributed by atoms with E-state index >= 15 is 0 Å². The van der Waals surface area contributed by atoms with E-state index in [1.54, 1.807) is 0 Å². The molecule has 1 nitrogen and oxygen atoms in total. The van der Waals surface area contributed by atoms with Crippen LogP contribution in [0, 0.1) is 5.92 Å². The van der Waals surface area contributed by atoms with Crippen molar-refractivity contribution in [2.75, 3.05) is 12.8 Å². The Kier molecular flexibility index (Phi) is 6.24. The molecule has 0 amide bonds. The number of hydrogen-bond acceptors (Lipinski definition) is 2. The van der Waals surface area contributed by atoms with Gasteiger partial charge in [-0.2, -0.15) is 11.8 Å². The lowest BCUT2D eigenvalue weighted by molar-refractivity contribution is 0.476. The summed E-state index contributed by atoms with van der Waals surface area (Å²) in [5, 5.41) is 0.676. The Labute approximate surface area is 68.8 Å². The van der Waals surface area contributed by atoms with Crippen molar-refractivity contribution in [3.05, 3.63) is 0 Å². The molecule has 2 heteroatoms. The molecular weight excluding hydrogens is 142 g/mol. The molecule has 0 fully saturated rings. The summed E-state index contributed by atoms with van der Waals surface area (Å²) < 4.78 is 0. The van der Waals surface area contributed by atoms with E-state index in [2.05, 4.69) is 20.1 Å². The fraction of sp³-hybridized carbons (Fsp3) is 1.00. The van der Waals surface area contributed by atoms with E-state index in [1.165, 1.54) is 12.8 Å². The maximum atomic E-state index is 5.61. The van der Waals surface area contributed by atoms with Gasteiger partial charge in [-0.05, 0) is 12.2 Å². The highest BCUT2D eigenvalue weighted by atomic mass is 32.2. The maximum Gasteiger partial charge on any atom is 0.0195 e. The molecule has 0 aromatic carbocycles. The standard InChI is InChI=1S/C8H19NS/c1-4-7(5-2)8(6-9)10-3/h7-8H,4-6,9H2,1-3H3. The third-order valence-electron chi connectivity index (χ3n) is 2.11. The summed E-state index contributed by atoms with van der Waals surface area (Å²) in [5.41, 5.74) is 5.61. The van der Waals surface area contributed by atoms with Gasteiger partial charge < -0.3 is 5.73 Å². The Balaban J connectivity index is 3.70. The van der Waals surface area contributed by atoms with Crippen LogP contribution < -0.4 is 5.73 Å². The van der Waals surface area contributed by atoms with Gasteiger partial charge in [-0.3, -0.25) is 0 Å². The molecule has 0 bridgehead atoms. The number of nitrogens with two attached hydrogens (primary N) is 1. The normalized spacial score (nSPS) is 14.1. The molecule has 0 heterocycles. The van der Waals surface area contributed by atoms with E-state index in [9.17, 15) is 0 Å². The predicted octanol–water partition coefficient (Wildman–Crippen LogP) is 2.11. The molecule has 2 N–H and O–H groups in total. The molecule has 10 heavy (non-hydrogen) atoms. The molecule has 0 aromatic heterocycles. The van der Waals surface area contributed by atoms with Crippen molar-refractivity contribution in [1.82, 2.24) is 0 Å². The van der Waals surface area contributed by atoms with Crippen molar-refractivity contribution in [1.29, 1.82) is 0 Å². The second-order valence-corrected chi connectivity index (χ2v) is 3.66. The Morgan fingerprint density at radius 2 is 1.80 bits per heavy atom. The SMILES string of the molecule is CCC(CC)C(CN)SC. The molecule has 0 spiro atoms. The summed E-state index contributed by atoms with van der Waals surface area (Å²) in [4.78, 5) is 0. The van der Waals surface area contributed by atoms with Gasteiger partial charge in [-0.1, -0.05) is 26.7 Å². The maximum absolute atomic E-state index is 5.61. The van der Waals surface area contributed by atoms with Gasteiger partial charge in [-0.25, -0.2) is 0 Å². The first-order valence-corrected chi connectivity index (χ1v) is 5.31. The highest BCUT2D eigenvalue weighted by Gasteiger charge is 2.14. The monoisotopic (exact) mass is 161 g/mol. The van der Waals surface area contributed by atoms with E-state index < -0.39 is 0 Å². The molecule has 0 saturated heterocycles. The lowest BCUT2D eigenvalue weighted by Crippen LogP contribution is -2.25. The fourth-order valence-electron chi connectivity index (χ4n) is 1.30. The van der Waals surface area contributed by atoms with Gasteiger partial charge >= 0.3 is 0 Å². The first-order chi connectivity index (χ1) is 4.79. The molecule has 0 aliphatic heterocycles. The van der Waals surface area contributed by atoms with E-state index in [1.807, 2.05) is 11.8 Å². The predicted molar refractivity (Wildman–Crippen MR) is 50.4 cm³/mol. The van der Waals surface area contributed by atoms with Crippen LogP contribution in [0.1, 0.15) is 26.7 Å². The van der Waals surface area contributed by atoms with Crippen LogP contribution in [-0.4, -0.2) is 18.1 Å². The fourth-order valence-corrected chi connectivity index (χ4v) is 2.26. The van der Waals surface area contributed by atoms with Gasteiger partial charge in [0.25, 0.3) is 0 Å². The van der Waals surface area contributed by atoms with Gasteiger partial charge in [0.05, 0.1) is 0 Å². The third-order valence-corrected chi connectivity index (χ3v) is 3.29. The first-order valence-electron chi connectivity index (χ1n) is 4.02. The molecular formula is C8H19NS. The lowest BCUT2D eigenvalue weighted by Gasteiger charge is -2.21. The number of rotatable bonds is 5. The van der Waals surface area contributed by atoms with Crippen LogP contribution in [0.2, 0.25) is 0 Å². The summed E-state index contributed by atoms with van der Waals surface area (Å²) in [6, 6.07) is 0. The van der Waals surface area contributed by atoms with Gasteiger partial charge in [0, 0.05) is 11.8 Å². The van der Waals surface area contributed by atoms with Crippen LogP contribution in [0.5, 0.6) is 0 Å². The number of hydrogen-bond donors (Lipinski definition) is 1. The van der Waals surface area contributed by atoms with E-state index in [-0.39, 0.29) is 0 Å². The average molecular weight is 161 g/mol. The summed E-state index contributed by atoms with van der Waals surface area (Å²) in [6.45, 7) is 5.31. The zero-order valence-corrected chi connectivity index (χ0v) is 8.08. The smallest absolute Gasteiger partial charge is 0.0195 e. The Hall–Kier alpha value is 0.310. The van der Waals surface area contributed by atoms with Crippen molar-refractivity contribution in [3.8, 4) is 0 Å². The minimum absolute atomic E-state index is 0.676. The van der Waals surface area contributed by atoms with Crippen LogP contribution in [-0.2, 0) is 0 Å². The van der Waals surface area contributed by atoms with Crippen LogP contribution in [0.3, 0.4) is 0 Å². The van der Waals surface area contributed by atoms with Gasteiger partial charge in [0.2, 0.25) is 0 Å². The molecule has 0 aliphatic carbocycles. The highest BCUT2D eigenvalue weighted by molar-refractivity contribution is 7.99. The zero-order chi connectivity index (χ0) is 7.98. The van der Waals surface area contributed by atoms with Crippen LogP contribution >= 0.6 is 11.8 Å². The molecule has 0 aromatic rings. The molecule has 1 unspecified atom stereocenters. The second kappa shape index (κ2) is 6.05. The van der Waals surface area contributed by atoms with Crippen LogP contribution in [0.4, 0.5) is 0 Å². The van der Waals surface area contributed by atoms with E-state index in [4.69, 9.17) is 5.73 Å². The summed E-state index contributed by atoms with van der Waals surface area (Å²) in [7, 11) is 0. The minimum Gasteiger partial charge on any atom is -0.329 e. The summed E-state index contributed by atoms with van der Waals surface area (Å²) >= 11 is 1.90. The Bertz CT molecular complexity index is 57.7. The molecule has 0 radical (unpaired) electrons. The third kappa shape index (κ3) is 2.93. The summed E-state index contributed by atoms with van der Waals surface area (Å²) in [5.74, 6) is 0.819. The quantitative estimate of drug-likeness (QED) is 0.668. The minimum atomic E-state index is 0.676. The van der Waals surface area contributed by atoms with Crippen molar-refractivity contribution < 1.29 is 0 Å². The Morgan fingerprint density at radius 3 is 1.90 bits per heavy atom. The zero-order valence-electron chi connectivity index (χ0n) is 7.26. The topological polar surface area (TPSA) is 26.0 Å². The molecule has 0 saturated carbocycles. The van der Waals surface area contributed by atoms with Gasteiger partial charge in [0.1, 0.15) is 0 Å². The number of thioether (sulfide) groups is 1. The van der Waals surface area contributed by atoms with Crippen molar-refractivity contribution in [3.63, 3.8) is 0 Å². The van der Waals surface area contributed by atoms with Crippen molar-refractivity contribution in [2.45, 2.75) is 31.9 Å². The van der Waals surface area contributed by atoms with Crippen molar-refractivity contribution >= 4 is 11.8 Å². The first kappa shape index (κ1) is 10.3. The summed E-state index contributed by atoms with van der Waals surface area (Å²) in [6.07, 6.45) is 4.67. The Morgan fingerprint density at radius 1 is 1.30 bits per heavy atom. The average Bonchev–Trinajstić information content (AvgIpc) is 2.00. The van der Waals surface area contributed by atoms with Gasteiger partial charge in [-0.15, -0.1) is 0 Å². The molecule has 0 aliphatic rings.